The van der Waals surface area contributed by atoms with Gasteiger partial charge in [-0.2, -0.15) is 0 Å². The Kier molecular flexibility index (Phi) is 9.96. The molecule has 0 spiro atoms. The number of pyridine rings is 2. The van der Waals surface area contributed by atoms with Gasteiger partial charge in [-0.3, -0.25) is 24.4 Å². The number of primary amides is 2. The van der Waals surface area contributed by atoms with E-state index in [0.717, 1.165) is 6.92 Å². The fraction of sp³-hybridized carbons (Fsp3) is 0.0500. The van der Waals surface area contributed by atoms with Crippen LogP contribution in [0.2, 0.25) is 0 Å². The Bertz CT molecular complexity index is 1090. The number of nitrogens with one attached hydrogen (secondary N) is 1. The zero-order valence-electron chi connectivity index (χ0n) is 17.0. The number of hydrogen-bond acceptors (Lipinski definition) is 8. The Morgan fingerprint density at radius 3 is 1.41 bits per heavy atom. The third-order valence-corrected chi connectivity index (χ3v) is 4.85. The van der Waals surface area contributed by atoms with Gasteiger partial charge in [0.15, 0.2) is 0 Å². The Hall–Kier alpha value is -4.32. The minimum atomic E-state index is -3.73. The number of sulfonamides is 1. The maximum atomic E-state index is 11.4. The lowest BCUT2D eigenvalue weighted by molar-refractivity contribution is -0.117. The molecule has 12 heteroatoms. The largest absolute Gasteiger partial charge is 0.399 e. The van der Waals surface area contributed by atoms with Crippen LogP contribution in [-0.4, -0.2) is 36.1 Å². The first-order valence-electron chi connectivity index (χ1n) is 8.81. The van der Waals surface area contributed by atoms with Crippen molar-refractivity contribution in [2.45, 2.75) is 11.8 Å². The molecule has 3 aromatic rings. The molecule has 3 amide bonds. The van der Waals surface area contributed by atoms with Gasteiger partial charge in [0.05, 0.1) is 4.90 Å². The summed E-state index contributed by atoms with van der Waals surface area (Å²) in [7, 11) is -3.73. The van der Waals surface area contributed by atoms with Crippen LogP contribution in [0.5, 0.6) is 0 Å². The van der Waals surface area contributed by atoms with E-state index in [-0.39, 0.29) is 4.90 Å². The van der Waals surface area contributed by atoms with Gasteiger partial charge in [0, 0.05) is 48.5 Å². The lowest BCUT2D eigenvalue weighted by atomic mass is 10.3. The number of hydrogen-bond donors (Lipinski definition) is 4. The van der Waals surface area contributed by atoms with E-state index >= 15 is 0 Å². The summed E-state index contributed by atoms with van der Waals surface area (Å²) in [5.74, 6) is -1.46. The Balaban J connectivity index is 0.000000250. The van der Waals surface area contributed by atoms with Crippen LogP contribution in [0.4, 0.5) is 5.69 Å². The van der Waals surface area contributed by atoms with Crippen molar-refractivity contribution in [2.24, 2.45) is 11.5 Å². The second-order valence-corrected chi connectivity index (χ2v) is 7.61. The minimum absolute atomic E-state index is 0.0156. The molecule has 0 fully saturated rings. The van der Waals surface area contributed by atoms with Crippen molar-refractivity contribution in [1.82, 2.24) is 14.7 Å². The molecule has 0 saturated carbocycles. The van der Waals surface area contributed by atoms with Crippen molar-refractivity contribution >= 4 is 33.4 Å². The van der Waals surface area contributed by atoms with Gasteiger partial charge >= 0.3 is 0 Å². The average molecular weight is 459 g/mol. The van der Waals surface area contributed by atoms with Crippen LogP contribution in [0.15, 0.2) is 78.2 Å². The molecule has 0 bridgehead atoms. The number of nitrogen functional groups attached to an aromatic ring is 1. The van der Waals surface area contributed by atoms with Crippen LogP contribution in [-0.2, 0) is 14.8 Å². The lowest BCUT2D eigenvalue weighted by Gasteiger charge is -2.04. The molecule has 0 aliphatic rings. The van der Waals surface area contributed by atoms with E-state index in [4.69, 9.17) is 17.2 Å². The van der Waals surface area contributed by atoms with Gasteiger partial charge in [-0.1, -0.05) is 0 Å². The molecule has 32 heavy (non-hydrogen) atoms. The van der Waals surface area contributed by atoms with E-state index in [0.29, 0.717) is 16.8 Å². The zero-order valence-corrected chi connectivity index (χ0v) is 17.8. The second kappa shape index (κ2) is 12.4. The number of nitrogens with two attached hydrogens (primary N) is 3. The zero-order chi connectivity index (χ0) is 24.1. The first-order valence-corrected chi connectivity index (χ1v) is 10.3. The predicted octanol–water partition coefficient (Wildman–Crippen LogP) is 0.455. The second-order valence-electron chi connectivity index (χ2n) is 5.93. The molecule has 11 nitrogen and oxygen atoms in total. The Labute approximate surface area is 184 Å². The van der Waals surface area contributed by atoms with E-state index in [1.807, 2.05) is 4.72 Å². The number of carbonyl (C=O) groups excluding carboxylic acids is 3. The number of rotatable bonds is 4. The smallest absolute Gasteiger partial charge is 0.264 e. The number of anilines is 1. The molecule has 168 valence electrons. The molecule has 2 aromatic heterocycles. The molecule has 1 aromatic carbocycles. The van der Waals surface area contributed by atoms with E-state index < -0.39 is 27.7 Å². The fourth-order valence-electron chi connectivity index (χ4n) is 1.93. The van der Waals surface area contributed by atoms with Gasteiger partial charge in [-0.15, -0.1) is 0 Å². The number of amides is 3. The summed E-state index contributed by atoms with van der Waals surface area (Å²) in [5, 5.41) is 0. The molecule has 0 atom stereocenters. The first kappa shape index (κ1) is 25.7. The normalized spacial score (nSPS) is 9.78. The highest BCUT2D eigenvalue weighted by molar-refractivity contribution is 7.90. The van der Waals surface area contributed by atoms with Crippen LogP contribution >= 0.6 is 0 Å². The van der Waals surface area contributed by atoms with Gasteiger partial charge in [0.1, 0.15) is 0 Å². The fourth-order valence-corrected chi connectivity index (χ4v) is 2.92. The maximum absolute atomic E-state index is 11.4. The summed E-state index contributed by atoms with van der Waals surface area (Å²) in [6.45, 7) is 1.13. The summed E-state index contributed by atoms with van der Waals surface area (Å²) in [5.41, 5.74) is 16.7. The molecular weight excluding hydrogens is 436 g/mol. The highest BCUT2D eigenvalue weighted by Crippen LogP contribution is 2.10. The van der Waals surface area contributed by atoms with E-state index in [1.165, 1.54) is 49.1 Å². The number of nitrogens with zero attached hydrogens (tertiary/aromatic N) is 2. The monoisotopic (exact) mass is 458 g/mol. The van der Waals surface area contributed by atoms with Crippen molar-refractivity contribution in [2.75, 3.05) is 5.73 Å². The summed E-state index contributed by atoms with van der Waals surface area (Å²) >= 11 is 0. The van der Waals surface area contributed by atoms with Crippen molar-refractivity contribution in [3.05, 3.63) is 84.4 Å². The van der Waals surface area contributed by atoms with Gasteiger partial charge in [-0.05, 0) is 48.5 Å². The molecular formula is C20H22N6O5S. The molecule has 0 radical (unpaired) electrons. The number of benzene rings is 1. The molecule has 3 rings (SSSR count). The van der Waals surface area contributed by atoms with Crippen LogP contribution in [0, 0.1) is 0 Å². The van der Waals surface area contributed by atoms with Crippen molar-refractivity contribution in [1.29, 1.82) is 0 Å². The summed E-state index contributed by atoms with van der Waals surface area (Å²) < 4.78 is 24.6. The average Bonchev–Trinajstić information content (AvgIpc) is 2.75. The van der Waals surface area contributed by atoms with Crippen LogP contribution < -0.4 is 21.9 Å². The van der Waals surface area contributed by atoms with Crippen LogP contribution in [0.1, 0.15) is 27.6 Å². The van der Waals surface area contributed by atoms with Gasteiger partial charge in [0.25, 0.3) is 10.0 Å². The Morgan fingerprint density at radius 1 is 0.750 bits per heavy atom. The summed E-state index contributed by atoms with van der Waals surface area (Å²) in [6.07, 6.45) is 6.11. The van der Waals surface area contributed by atoms with Gasteiger partial charge < -0.3 is 17.2 Å². The number of carbonyl (C=O) groups is 3. The SMILES string of the molecule is CC(=O)NS(=O)(=O)c1ccc(N)cc1.NC(=O)c1ccncc1.NC(=O)c1ccncc1. The minimum Gasteiger partial charge on any atom is -0.399 e. The summed E-state index contributed by atoms with van der Waals surface area (Å²) in [4.78, 5) is 38.8. The standard InChI is InChI=1S/C8H10N2O3S.2C6H6N2O/c1-6(11)10-14(12,13)8-4-2-7(9)3-5-8;2*7-6(9)5-1-3-8-4-2-5/h2-5H,9H2,1H3,(H,10,11);2*1-4H,(H2,7,9). The topological polar surface area (TPSA) is 201 Å². The third-order valence-electron chi connectivity index (χ3n) is 3.40. The van der Waals surface area contributed by atoms with E-state index in [9.17, 15) is 22.8 Å². The highest BCUT2D eigenvalue weighted by Gasteiger charge is 2.14. The predicted molar refractivity (Wildman–Crippen MR) is 117 cm³/mol. The van der Waals surface area contributed by atoms with E-state index in [1.54, 1.807) is 24.3 Å². The first-order chi connectivity index (χ1) is 15.0. The summed E-state index contributed by atoms with van der Waals surface area (Å²) in [6, 6.07) is 11.9. The van der Waals surface area contributed by atoms with E-state index in [2.05, 4.69) is 9.97 Å². The molecule has 0 aliphatic heterocycles. The molecule has 0 aliphatic carbocycles. The van der Waals surface area contributed by atoms with Crippen LogP contribution in [0.25, 0.3) is 0 Å². The van der Waals surface area contributed by atoms with Crippen molar-refractivity contribution in [3.63, 3.8) is 0 Å². The quantitative estimate of drug-likeness (QED) is 0.403. The van der Waals surface area contributed by atoms with Crippen molar-refractivity contribution in [3.8, 4) is 0 Å². The molecule has 2 heterocycles. The molecule has 7 N–H and O–H groups in total. The lowest BCUT2D eigenvalue weighted by Crippen LogP contribution is -2.28. The highest BCUT2D eigenvalue weighted by atomic mass is 32.2. The Morgan fingerprint density at radius 2 is 1.12 bits per heavy atom. The van der Waals surface area contributed by atoms with Gasteiger partial charge in [0.2, 0.25) is 17.7 Å². The van der Waals surface area contributed by atoms with Crippen LogP contribution in [0.3, 0.4) is 0 Å². The number of aromatic nitrogens is 2. The maximum Gasteiger partial charge on any atom is 0.264 e. The third kappa shape index (κ3) is 9.45. The van der Waals surface area contributed by atoms with Gasteiger partial charge in [-0.25, -0.2) is 13.1 Å². The molecule has 0 unspecified atom stereocenters. The van der Waals surface area contributed by atoms with Crippen molar-refractivity contribution < 1.29 is 22.8 Å². The molecule has 0 saturated heterocycles.